The zero-order chi connectivity index (χ0) is 20.1. The number of rotatable bonds is 7. The first-order valence-corrected chi connectivity index (χ1v) is 10.6. The molecule has 0 bridgehead atoms. The van der Waals surface area contributed by atoms with Gasteiger partial charge in [0, 0.05) is 25.2 Å². The minimum atomic E-state index is -3.53. The summed E-state index contributed by atoms with van der Waals surface area (Å²) in [4.78, 5) is 14.9. The van der Waals surface area contributed by atoms with E-state index in [1.54, 1.807) is 0 Å². The topological polar surface area (TPSA) is 101 Å². The molecule has 1 aliphatic rings. The summed E-state index contributed by atoms with van der Waals surface area (Å²) in [5.74, 6) is 1.35. The van der Waals surface area contributed by atoms with E-state index in [9.17, 15) is 13.2 Å². The molecule has 0 aliphatic carbocycles. The van der Waals surface area contributed by atoms with Crippen molar-refractivity contribution in [1.82, 2.24) is 14.9 Å². The minimum absolute atomic E-state index is 0.0921. The average molecular weight is 407 g/mol. The normalized spacial score (nSPS) is 16.6. The molecule has 1 amide bonds. The standard InChI is InChI=1S/C19H25N3O5S/c1-14-3-8-18(27-14)17(22-9-11-26-12-10-22)13-21-19(23)15-4-6-16(7-5-15)28(24,25)20-2/h3-8,17,20H,9-13H2,1-2H3,(H,21,23). The zero-order valence-electron chi connectivity index (χ0n) is 16.0. The molecule has 1 unspecified atom stereocenters. The molecule has 0 saturated carbocycles. The van der Waals surface area contributed by atoms with Crippen LogP contribution in [0.15, 0.2) is 45.7 Å². The number of amides is 1. The molecule has 2 heterocycles. The van der Waals surface area contributed by atoms with E-state index in [4.69, 9.17) is 9.15 Å². The number of sulfonamides is 1. The second kappa shape index (κ2) is 8.87. The predicted molar refractivity (Wildman–Crippen MR) is 104 cm³/mol. The van der Waals surface area contributed by atoms with Crippen molar-refractivity contribution in [3.8, 4) is 0 Å². The molecule has 28 heavy (non-hydrogen) atoms. The van der Waals surface area contributed by atoms with Gasteiger partial charge in [0.15, 0.2) is 0 Å². The Labute approximate surface area is 164 Å². The van der Waals surface area contributed by atoms with E-state index in [1.807, 2.05) is 19.1 Å². The number of aryl methyl sites for hydroxylation is 1. The number of morpholine rings is 1. The monoisotopic (exact) mass is 407 g/mol. The second-order valence-electron chi connectivity index (χ2n) is 6.55. The van der Waals surface area contributed by atoms with E-state index in [0.29, 0.717) is 25.3 Å². The van der Waals surface area contributed by atoms with E-state index in [2.05, 4.69) is 14.9 Å². The highest BCUT2D eigenvalue weighted by Gasteiger charge is 2.26. The quantitative estimate of drug-likeness (QED) is 0.718. The molecule has 1 aromatic heterocycles. The molecule has 1 saturated heterocycles. The van der Waals surface area contributed by atoms with Gasteiger partial charge in [0.05, 0.1) is 24.2 Å². The highest BCUT2D eigenvalue weighted by atomic mass is 32.2. The van der Waals surface area contributed by atoms with Gasteiger partial charge >= 0.3 is 0 Å². The summed E-state index contributed by atoms with van der Waals surface area (Å²) >= 11 is 0. The number of carbonyl (C=O) groups is 1. The van der Waals surface area contributed by atoms with Crippen molar-refractivity contribution in [2.24, 2.45) is 0 Å². The Morgan fingerprint density at radius 3 is 2.39 bits per heavy atom. The van der Waals surface area contributed by atoms with Gasteiger partial charge in [-0.3, -0.25) is 9.69 Å². The number of hydrogen-bond acceptors (Lipinski definition) is 6. The molecule has 2 aromatic rings. The predicted octanol–water partition coefficient (Wildman–Crippen LogP) is 1.30. The Balaban J connectivity index is 1.69. The van der Waals surface area contributed by atoms with E-state index in [-0.39, 0.29) is 16.8 Å². The van der Waals surface area contributed by atoms with Crippen LogP contribution in [-0.4, -0.2) is 59.1 Å². The Morgan fingerprint density at radius 2 is 1.82 bits per heavy atom. The summed E-state index contributed by atoms with van der Waals surface area (Å²) in [7, 11) is -2.18. The number of ether oxygens (including phenoxy) is 1. The lowest BCUT2D eigenvalue weighted by Gasteiger charge is -2.33. The largest absolute Gasteiger partial charge is 0.465 e. The second-order valence-corrected chi connectivity index (χ2v) is 8.44. The maximum absolute atomic E-state index is 12.5. The Bertz CT molecular complexity index is 902. The number of nitrogens with zero attached hydrogens (tertiary/aromatic N) is 1. The van der Waals surface area contributed by atoms with E-state index < -0.39 is 10.0 Å². The zero-order valence-corrected chi connectivity index (χ0v) is 16.8. The van der Waals surface area contributed by atoms with Crippen LogP contribution in [0.25, 0.3) is 0 Å². The molecule has 0 spiro atoms. The first-order valence-electron chi connectivity index (χ1n) is 9.10. The van der Waals surface area contributed by atoms with Crippen LogP contribution in [0.4, 0.5) is 0 Å². The van der Waals surface area contributed by atoms with Gasteiger partial charge in [-0.15, -0.1) is 0 Å². The fraction of sp³-hybridized carbons (Fsp3) is 0.421. The van der Waals surface area contributed by atoms with Crippen LogP contribution in [0.2, 0.25) is 0 Å². The van der Waals surface area contributed by atoms with E-state index >= 15 is 0 Å². The summed E-state index contributed by atoms with van der Waals surface area (Å²) in [6, 6.07) is 9.57. The summed E-state index contributed by atoms with van der Waals surface area (Å²) in [5, 5.41) is 2.93. The lowest BCUT2D eigenvalue weighted by molar-refractivity contribution is 0.0117. The van der Waals surface area contributed by atoms with Gasteiger partial charge in [0.25, 0.3) is 5.91 Å². The fourth-order valence-corrected chi connectivity index (χ4v) is 3.86. The number of benzene rings is 1. The highest BCUT2D eigenvalue weighted by molar-refractivity contribution is 7.89. The Morgan fingerprint density at radius 1 is 1.14 bits per heavy atom. The first kappa shape index (κ1) is 20.5. The molecule has 1 aromatic carbocycles. The van der Waals surface area contributed by atoms with E-state index in [0.717, 1.165) is 24.6 Å². The Kier molecular flexibility index (Phi) is 6.50. The fourth-order valence-electron chi connectivity index (χ4n) is 3.13. The van der Waals surface area contributed by atoms with Crippen molar-refractivity contribution < 1.29 is 22.4 Å². The molecule has 9 heteroatoms. The van der Waals surface area contributed by atoms with Crippen LogP contribution in [0, 0.1) is 6.92 Å². The molecule has 3 rings (SSSR count). The minimum Gasteiger partial charge on any atom is -0.465 e. The van der Waals surface area contributed by atoms with Gasteiger partial charge in [-0.1, -0.05) is 0 Å². The van der Waals surface area contributed by atoms with Crippen LogP contribution in [0.1, 0.15) is 27.9 Å². The van der Waals surface area contributed by atoms with Gasteiger partial charge in [-0.05, 0) is 50.4 Å². The molecular weight excluding hydrogens is 382 g/mol. The number of furan rings is 1. The van der Waals surface area contributed by atoms with Gasteiger partial charge < -0.3 is 14.5 Å². The van der Waals surface area contributed by atoms with Gasteiger partial charge in [-0.25, -0.2) is 13.1 Å². The number of hydrogen-bond donors (Lipinski definition) is 2. The van der Waals surface area contributed by atoms with Crippen LogP contribution in [0.3, 0.4) is 0 Å². The van der Waals surface area contributed by atoms with Crippen molar-refractivity contribution in [3.63, 3.8) is 0 Å². The third-order valence-corrected chi connectivity index (χ3v) is 6.16. The molecule has 152 valence electrons. The molecule has 8 nitrogen and oxygen atoms in total. The van der Waals surface area contributed by atoms with Crippen LogP contribution in [-0.2, 0) is 14.8 Å². The van der Waals surface area contributed by atoms with Crippen LogP contribution < -0.4 is 10.0 Å². The third kappa shape index (κ3) is 4.79. The van der Waals surface area contributed by atoms with Crippen molar-refractivity contribution in [1.29, 1.82) is 0 Å². The third-order valence-electron chi connectivity index (χ3n) is 4.73. The molecule has 1 atom stereocenters. The van der Waals surface area contributed by atoms with Gasteiger partial charge in [0.1, 0.15) is 11.5 Å². The van der Waals surface area contributed by atoms with Crippen molar-refractivity contribution in [2.45, 2.75) is 17.9 Å². The maximum Gasteiger partial charge on any atom is 0.251 e. The Hall–Kier alpha value is -2.20. The summed E-state index contributed by atoms with van der Waals surface area (Å²) in [6.07, 6.45) is 0. The average Bonchev–Trinajstić information content (AvgIpc) is 3.15. The first-order chi connectivity index (χ1) is 13.4. The lowest BCUT2D eigenvalue weighted by atomic mass is 10.1. The van der Waals surface area contributed by atoms with Crippen LogP contribution >= 0.6 is 0 Å². The number of carbonyl (C=O) groups excluding carboxylic acids is 1. The van der Waals surface area contributed by atoms with Gasteiger partial charge in [0.2, 0.25) is 10.0 Å². The summed E-state index contributed by atoms with van der Waals surface area (Å²) in [6.45, 7) is 5.08. The molecule has 1 aliphatic heterocycles. The van der Waals surface area contributed by atoms with Crippen molar-refractivity contribution >= 4 is 15.9 Å². The maximum atomic E-state index is 12.5. The van der Waals surface area contributed by atoms with Crippen molar-refractivity contribution in [2.75, 3.05) is 39.9 Å². The highest BCUT2D eigenvalue weighted by Crippen LogP contribution is 2.23. The summed E-state index contributed by atoms with van der Waals surface area (Å²) < 4.78 is 37.0. The number of nitrogens with one attached hydrogen (secondary N) is 2. The van der Waals surface area contributed by atoms with Gasteiger partial charge in [-0.2, -0.15) is 0 Å². The molecular formula is C19H25N3O5S. The molecule has 1 fully saturated rings. The SMILES string of the molecule is CNS(=O)(=O)c1ccc(C(=O)NCC(c2ccc(C)o2)N2CCOCC2)cc1. The van der Waals surface area contributed by atoms with E-state index in [1.165, 1.54) is 31.3 Å². The lowest BCUT2D eigenvalue weighted by Crippen LogP contribution is -2.43. The van der Waals surface area contributed by atoms with Crippen LogP contribution in [0.5, 0.6) is 0 Å². The summed E-state index contributed by atoms with van der Waals surface area (Å²) in [5.41, 5.74) is 0.395. The smallest absolute Gasteiger partial charge is 0.251 e. The van der Waals surface area contributed by atoms with Crippen molar-refractivity contribution in [3.05, 3.63) is 53.5 Å². The molecule has 0 radical (unpaired) electrons. The molecule has 2 N–H and O–H groups in total.